The first kappa shape index (κ1) is 41.1. The molecule has 2 unspecified atom stereocenters. The Morgan fingerprint density at radius 1 is 0.966 bits per heavy atom. The predicted octanol–water partition coefficient (Wildman–Crippen LogP) is 7.70. The van der Waals surface area contributed by atoms with E-state index in [-0.39, 0.29) is 63.8 Å². The number of ether oxygens (including phenoxy) is 2. The summed E-state index contributed by atoms with van der Waals surface area (Å²) in [6, 6.07) is 22.4. The highest BCUT2D eigenvalue weighted by atomic mass is 32.2. The van der Waals surface area contributed by atoms with E-state index in [0.29, 0.717) is 30.5 Å². The molecular formula is C44H47F2N7O5S. The van der Waals surface area contributed by atoms with Gasteiger partial charge in [-0.2, -0.15) is 5.10 Å². The van der Waals surface area contributed by atoms with Crippen molar-refractivity contribution < 1.29 is 31.5 Å². The molecule has 12 nitrogen and oxygen atoms in total. The number of aryl methyl sites for hydroxylation is 1. The molecule has 4 N–H and O–H groups in total. The standard InChI is InChI=1S/C44H47F2N7O5S/c1-28(26-54)20-29-10-9-11-30(21-29)44(4)18-17-43(2,3)27-57-39(47)25-52(48)24-35-33-16-19-53(59(55,56)32-12-7-6-8-13-32)38(33)23-37(46)40(35)58-31-14-15-36(45)34(22-31)41-49-42(44)50-51(41)5/h6-16,19,21-23,25-26,28H,17-18,20,24,27,47-48H2,1-5H3/b39-25+. The lowest BCUT2D eigenvalue weighted by Crippen LogP contribution is -2.31. The summed E-state index contributed by atoms with van der Waals surface area (Å²) in [5.41, 5.74) is 7.35. The topological polar surface area (TPSA) is 161 Å². The molecule has 2 aromatic heterocycles. The van der Waals surface area contributed by atoms with Gasteiger partial charge in [0.15, 0.2) is 23.2 Å². The Morgan fingerprint density at radius 3 is 2.47 bits per heavy atom. The zero-order valence-electron chi connectivity index (χ0n) is 33.5. The molecule has 6 aromatic rings. The van der Waals surface area contributed by atoms with Crippen LogP contribution >= 0.6 is 0 Å². The zero-order valence-corrected chi connectivity index (χ0v) is 34.3. The van der Waals surface area contributed by atoms with Crippen LogP contribution in [0, 0.1) is 23.0 Å². The number of hydrogen-bond acceptors (Lipinski definition) is 10. The lowest BCUT2D eigenvalue weighted by atomic mass is 9.73. The van der Waals surface area contributed by atoms with Crippen LogP contribution in [0.15, 0.2) is 108 Å². The van der Waals surface area contributed by atoms with Gasteiger partial charge >= 0.3 is 0 Å². The van der Waals surface area contributed by atoms with Gasteiger partial charge in [0.2, 0.25) is 5.88 Å². The molecule has 4 aromatic carbocycles. The number of aromatic nitrogens is 4. The third-order valence-electron chi connectivity index (χ3n) is 10.8. The molecule has 4 bridgehead atoms. The summed E-state index contributed by atoms with van der Waals surface area (Å²) in [5, 5.41) is 6.39. The molecule has 308 valence electrons. The van der Waals surface area contributed by atoms with Crippen molar-refractivity contribution in [1.82, 2.24) is 23.7 Å². The van der Waals surface area contributed by atoms with E-state index in [2.05, 4.69) is 6.07 Å². The van der Waals surface area contributed by atoms with E-state index in [0.717, 1.165) is 27.5 Å². The maximum absolute atomic E-state index is 16.5. The molecule has 0 amide bonds. The van der Waals surface area contributed by atoms with Gasteiger partial charge in [-0.25, -0.2) is 36.7 Å². The fraction of sp³-hybridized carbons (Fsp3) is 0.295. The van der Waals surface area contributed by atoms with Crippen LogP contribution in [0.4, 0.5) is 8.78 Å². The number of benzene rings is 4. The quantitative estimate of drug-likeness (QED) is 0.126. The van der Waals surface area contributed by atoms with E-state index in [1.807, 2.05) is 45.9 Å². The second-order valence-corrected chi connectivity index (χ2v) is 18.0. The van der Waals surface area contributed by atoms with E-state index >= 15 is 8.78 Å². The number of fused-ring (bicyclic) bond motifs is 8. The largest absolute Gasteiger partial charge is 0.478 e. The maximum Gasteiger partial charge on any atom is 0.268 e. The fourth-order valence-electron chi connectivity index (χ4n) is 7.38. The van der Waals surface area contributed by atoms with Crippen LogP contribution in [-0.4, -0.2) is 45.1 Å². The summed E-state index contributed by atoms with van der Waals surface area (Å²) in [7, 11) is -2.45. The van der Waals surface area contributed by atoms with Crippen molar-refractivity contribution in [2.75, 3.05) is 6.61 Å². The molecule has 0 saturated heterocycles. The third kappa shape index (κ3) is 8.30. The minimum atomic E-state index is -4.13. The van der Waals surface area contributed by atoms with Crippen LogP contribution in [0.2, 0.25) is 0 Å². The minimum absolute atomic E-state index is 0.00296. The third-order valence-corrected chi connectivity index (χ3v) is 12.5. The van der Waals surface area contributed by atoms with E-state index in [4.69, 9.17) is 31.1 Å². The van der Waals surface area contributed by atoms with Crippen LogP contribution in [0.25, 0.3) is 22.3 Å². The van der Waals surface area contributed by atoms with Crippen molar-refractivity contribution in [3.8, 4) is 22.9 Å². The maximum atomic E-state index is 16.5. The summed E-state index contributed by atoms with van der Waals surface area (Å²) in [5.74, 6) is 5.28. The lowest BCUT2D eigenvalue weighted by Gasteiger charge is -2.33. The summed E-state index contributed by atoms with van der Waals surface area (Å²) in [6.45, 7) is 8.01. The summed E-state index contributed by atoms with van der Waals surface area (Å²) in [4.78, 5) is 16.5. The number of nitrogens with zero attached hydrogens (tertiary/aromatic N) is 5. The predicted molar refractivity (Wildman–Crippen MR) is 220 cm³/mol. The highest BCUT2D eigenvalue weighted by molar-refractivity contribution is 7.90. The van der Waals surface area contributed by atoms with Crippen molar-refractivity contribution in [3.05, 3.63) is 137 Å². The first-order valence-electron chi connectivity index (χ1n) is 19.2. The average Bonchev–Trinajstić information content (AvgIpc) is 3.82. The Labute approximate surface area is 342 Å². The molecule has 1 aliphatic heterocycles. The number of carbonyl (C=O) groups excluding carboxylic acids is 1. The molecule has 7 rings (SSSR count). The lowest BCUT2D eigenvalue weighted by molar-refractivity contribution is -0.110. The van der Waals surface area contributed by atoms with Crippen LogP contribution in [0.3, 0.4) is 0 Å². The zero-order chi connectivity index (χ0) is 42.3. The van der Waals surface area contributed by atoms with Gasteiger partial charge in [0.25, 0.3) is 10.0 Å². The minimum Gasteiger partial charge on any atom is -0.478 e. The van der Waals surface area contributed by atoms with E-state index in [1.165, 1.54) is 52.4 Å². The number of nitrogens with two attached hydrogens (primary N) is 2. The molecule has 0 aliphatic carbocycles. The molecular weight excluding hydrogens is 777 g/mol. The van der Waals surface area contributed by atoms with Crippen molar-refractivity contribution in [2.45, 2.75) is 63.8 Å². The SMILES string of the molecule is CC(C=O)Cc1cccc(C2(C)CCC(C)(C)CO/C(N)=C/N(N)Cc3c(c(F)cc4c3ccn4S(=O)(=O)c3ccccc3)Oc3ccc(F)c(c3)-c3nc2nn3C)c1. The van der Waals surface area contributed by atoms with Crippen molar-refractivity contribution in [3.63, 3.8) is 0 Å². The van der Waals surface area contributed by atoms with E-state index < -0.39 is 32.5 Å². The van der Waals surface area contributed by atoms with Gasteiger partial charge < -0.3 is 25.0 Å². The second kappa shape index (κ2) is 15.9. The Kier molecular flexibility index (Phi) is 11.1. The Hall–Kier alpha value is -6.06. The van der Waals surface area contributed by atoms with Crippen LogP contribution in [-0.2, 0) is 45.0 Å². The number of hydrogen-bond donors (Lipinski definition) is 2. The fourth-order valence-corrected chi connectivity index (χ4v) is 8.74. The van der Waals surface area contributed by atoms with Gasteiger partial charge in [-0.15, -0.1) is 0 Å². The monoisotopic (exact) mass is 823 g/mol. The normalized spacial score (nSPS) is 18.9. The van der Waals surface area contributed by atoms with Crippen molar-refractivity contribution in [1.29, 1.82) is 0 Å². The Bertz CT molecular complexity index is 2680. The van der Waals surface area contributed by atoms with Crippen molar-refractivity contribution in [2.24, 2.45) is 30.0 Å². The van der Waals surface area contributed by atoms with Crippen LogP contribution in [0.1, 0.15) is 63.1 Å². The number of aldehydes is 1. The summed E-state index contributed by atoms with van der Waals surface area (Å²) in [6.07, 6.45) is 5.38. The number of halogens is 2. The molecule has 59 heavy (non-hydrogen) atoms. The smallest absolute Gasteiger partial charge is 0.268 e. The first-order valence-corrected chi connectivity index (χ1v) is 20.6. The van der Waals surface area contributed by atoms with Gasteiger partial charge in [-0.3, -0.25) is 0 Å². The Morgan fingerprint density at radius 2 is 1.73 bits per heavy atom. The molecule has 0 spiro atoms. The van der Waals surface area contributed by atoms with Gasteiger partial charge in [0, 0.05) is 36.2 Å². The summed E-state index contributed by atoms with van der Waals surface area (Å²) < 4.78 is 74.7. The van der Waals surface area contributed by atoms with Gasteiger partial charge in [0.05, 0.1) is 40.7 Å². The van der Waals surface area contributed by atoms with Gasteiger partial charge in [-0.05, 0) is 79.1 Å². The average molecular weight is 824 g/mol. The van der Waals surface area contributed by atoms with Gasteiger partial charge in [0.1, 0.15) is 17.9 Å². The highest BCUT2D eigenvalue weighted by Crippen LogP contribution is 2.42. The van der Waals surface area contributed by atoms with Gasteiger partial charge in [-0.1, -0.05) is 63.2 Å². The summed E-state index contributed by atoms with van der Waals surface area (Å²) >= 11 is 0. The molecule has 0 fully saturated rings. The van der Waals surface area contributed by atoms with E-state index in [9.17, 15) is 13.2 Å². The second-order valence-electron chi connectivity index (χ2n) is 16.2. The number of hydrazine groups is 1. The molecule has 3 heterocycles. The Balaban J connectivity index is 1.38. The van der Waals surface area contributed by atoms with Crippen LogP contribution < -0.4 is 16.3 Å². The first-order chi connectivity index (χ1) is 28.0. The van der Waals surface area contributed by atoms with E-state index in [1.54, 1.807) is 31.3 Å². The number of carbonyl (C=O) groups is 1. The molecule has 2 atom stereocenters. The van der Waals surface area contributed by atoms with Crippen LogP contribution in [0.5, 0.6) is 11.5 Å². The molecule has 0 saturated carbocycles. The molecule has 0 radical (unpaired) electrons. The molecule has 1 aliphatic rings. The van der Waals surface area contributed by atoms with Crippen molar-refractivity contribution >= 4 is 27.2 Å². The number of rotatable bonds is 6. The highest BCUT2D eigenvalue weighted by Gasteiger charge is 2.37. The molecule has 15 heteroatoms.